The van der Waals surface area contributed by atoms with Crippen molar-refractivity contribution in [2.24, 2.45) is 0 Å². The lowest BCUT2D eigenvalue weighted by Crippen LogP contribution is -2.39. The highest BCUT2D eigenvalue weighted by Crippen LogP contribution is 2.17. The smallest absolute Gasteiger partial charge is 0.216 e. The van der Waals surface area contributed by atoms with E-state index in [2.05, 4.69) is 4.72 Å². The molecule has 0 fully saturated rings. The first-order valence-corrected chi connectivity index (χ1v) is 8.91. The van der Waals surface area contributed by atoms with Gasteiger partial charge in [0.1, 0.15) is 0 Å². The molecule has 0 spiro atoms. The molecule has 0 aliphatic carbocycles. The minimum Gasteiger partial charge on any atom is -0.395 e. The molecular formula is C16H18ClNO3S. The normalized spacial score (nSPS) is 13.0. The Morgan fingerprint density at radius 2 is 1.68 bits per heavy atom. The standard InChI is InChI=1S/C16H18ClNO3S/c17-16-9-5-4-8-14(16)12-22(20,21)18-15(11-19)10-13-6-2-1-3-7-13/h1-9,15,18-19H,10-12H2. The van der Waals surface area contributed by atoms with Gasteiger partial charge < -0.3 is 5.11 Å². The number of hydrogen-bond donors (Lipinski definition) is 2. The lowest BCUT2D eigenvalue weighted by atomic mass is 10.1. The molecule has 2 N–H and O–H groups in total. The van der Waals surface area contributed by atoms with Crippen LogP contribution >= 0.6 is 11.6 Å². The average Bonchev–Trinajstić information content (AvgIpc) is 2.49. The van der Waals surface area contributed by atoms with E-state index in [-0.39, 0.29) is 12.4 Å². The molecule has 1 unspecified atom stereocenters. The van der Waals surface area contributed by atoms with Crippen LogP contribution in [0.5, 0.6) is 0 Å². The highest BCUT2D eigenvalue weighted by molar-refractivity contribution is 7.88. The van der Waals surface area contributed by atoms with Crippen LogP contribution in [0.4, 0.5) is 0 Å². The highest BCUT2D eigenvalue weighted by atomic mass is 35.5. The van der Waals surface area contributed by atoms with E-state index in [1.54, 1.807) is 24.3 Å². The molecular weight excluding hydrogens is 322 g/mol. The Balaban J connectivity index is 2.04. The minimum atomic E-state index is -3.58. The van der Waals surface area contributed by atoms with Gasteiger partial charge in [-0.15, -0.1) is 0 Å². The number of hydrogen-bond acceptors (Lipinski definition) is 3. The molecule has 0 aliphatic rings. The summed E-state index contributed by atoms with van der Waals surface area (Å²) in [5, 5.41) is 9.83. The molecule has 0 bridgehead atoms. The first kappa shape index (κ1) is 17.0. The molecule has 0 amide bonds. The summed E-state index contributed by atoms with van der Waals surface area (Å²) < 4.78 is 27.0. The molecule has 2 rings (SSSR count). The van der Waals surface area contributed by atoms with Crippen molar-refractivity contribution in [3.63, 3.8) is 0 Å². The van der Waals surface area contributed by atoms with E-state index in [9.17, 15) is 13.5 Å². The molecule has 2 aromatic rings. The van der Waals surface area contributed by atoms with E-state index in [1.807, 2.05) is 30.3 Å². The Kier molecular flexibility index (Phi) is 5.97. The van der Waals surface area contributed by atoms with Crippen LogP contribution in [0.3, 0.4) is 0 Å². The van der Waals surface area contributed by atoms with Gasteiger partial charge in [-0.2, -0.15) is 0 Å². The van der Waals surface area contributed by atoms with Crippen LogP contribution in [0.1, 0.15) is 11.1 Å². The summed E-state index contributed by atoms with van der Waals surface area (Å²) in [6, 6.07) is 15.7. The van der Waals surface area contributed by atoms with Crippen molar-refractivity contribution in [2.45, 2.75) is 18.2 Å². The van der Waals surface area contributed by atoms with E-state index < -0.39 is 16.1 Å². The molecule has 2 aromatic carbocycles. The van der Waals surface area contributed by atoms with Crippen molar-refractivity contribution < 1.29 is 13.5 Å². The van der Waals surface area contributed by atoms with Gasteiger partial charge in [-0.25, -0.2) is 13.1 Å². The van der Waals surface area contributed by atoms with Gasteiger partial charge in [-0.05, 0) is 23.6 Å². The van der Waals surface area contributed by atoms with Crippen LogP contribution < -0.4 is 4.72 Å². The molecule has 0 radical (unpaired) electrons. The van der Waals surface area contributed by atoms with Gasteiger partial charge in [0.25, 0.3) is 0 Å². The molecule has 22 heavy (non-hydrogen) atoms. The van der Waals surface area contributed by atoms with Crippen LogP contribution in [0.15, 0.2) is 54.6 Å². The van der Waals surface area contributed by atoms with Crippen LogP contribution in [0.2, 0.25) is 5.02 Å². The fourth-order valence-corrected chi connectivity index (χ4v) is 3.85. The Hall–Kier alpha value is -1.40. The number of nitrogens with one attached hydrogen (secondary N) is 1. The second-order valence-corrected chi connectivity index (χ2v) is 7.20. The Morgan fingerprint density at radius 3 is 2.32 bits per heavy atom. The molecule has 118 valence electrons. The lowest BCUT2D eigenvalue weighted by molar-refractivity contribution is 0.256. The maximum atomic E-state index is 12.2. The molecule has 6 heteroatoms. The average molecular weight is 340 g/mol. The van der Waals surface area contributed by atoms with Gasteiger partial charge in [0, 0.05) is 11.1 Å². The lowest BCUT2D eigenvalue weighted by Gasteiger charge is -2.17. The second kappa shape index (κ2) is 7.74. The van der Waals surface area contributed by atoms with E-state index >= 15 is 0 Å². The zero-order valence-corrected chi connectivity index (χ0v) is 13.5. The maximum Gasteiger partial charge on any atom is 0.216 e. The third-order valence-corrected chi connectivity index (χ3v) is 4.95. The summed E-state index contributed by atoms with van der Waals surface area (Å²) in [6.45, 7) is -0.267. The van der Waals surface area contributed by atoms with Gasteiger partial charge in [0.2, 0.25) is 10.0 Å². The SMILES string of the molecule is O=S(=O)(Cc1ccccc1Cl)NC(CO)Cc1ccccc1. The Bertz CT molecular complexity index is 704. The molecule has 0 aliphatic heterocycles. The number of benzene rings is 2. The molecule has 1 atom stereocenters. The zero-order chi connectivity index (χ0) is 16.0. The summed E-state index contributed by atoms with van der Waals surface area (Å²) in [5.41, 5.74) is 1.50. The molecule has 0 saturated heterocycles. The minimum absolute atomic E-state index is 0.210. The quantitative estimate of drug-likeness (QED) is 0.813. The second-order valence-electron chi connectivity index (χ2n) is 5.04. The third-order valence-electron chi connectivity index (χ3n) is 3.19. The van der Waals surface area contributed by atoms with E-state index in [4.69, 9.17) is 11.6 Å². The topological polar surface area (TPSA) is 66.4 Å². The fraction of sp³-hybridized carbons (Fsp3) is 0.250. The zero-order valence-electron chi connectivity index (χ0n) is 11.9. The predicted octanol–water partition coefficient (Wildman–Crippen LogP) is 2.36. The van der Waals surface area contributed by atoms with Crippen molar-refractivity contribution in [3.05, 3.63) is 70.7 Å². The van der Waals surface area contributed by atoms with Gasteiger partial charge in [0.15, 0.2) is 0 Å². The van der Waals surface area contributed by atoms with Crippen LogP contribution in [-0.2, 0) is 22.2 Å². The van der Waals surface area contributed by atoms with Crippen LogP contribution in [0.25, 0.3) is 0 Å². The summed E-state index contributed by atoms with van der Waals surface area (Å²) >= 11 is 5.99. The van der Waals surface area contributed by atoms with Gasteiger partial charge in [0.05, 0.1) is 12.4 Å². The van der Waals surface area contributed by atoms with Crippen molar-refractivity contribution in [2.75, 3.05) is 6.61 Å². The third kappa shape index (κ3) is 5.10. The van der Waals surface area contributed by atoms with Gasteiger partial charge >= 0.3 is 0 Å². The molecule has 0 aromatic heterocycles. The Labute approximate surface area is 135 Å². The predicted molar refractivity (Wildman–Crippen MR) is 88.2 cm³/mol. The number of rotatable bonds is 7. The van der Waals surface area contributed by atoms with Crippen LogP contribution in [0, 0.1) is 0 Å². The summed E-state index contributed by atoms with van der Waals surface area (Å²) in [5.74, 6) is -0.210. The van der Waals surface area contributed by atoms with E-state index in [1.165, 1.54) is 0 Å². The number of sulfonamides is 1. The first-order chi connectivity index (χ1) is 10.5. The number of halogens is 1. The summed E-state index contributed by atoms with van der Waals surface area (Å²) in [6.07, 6.45) is 0.430. The monoisotopic (exact) mass is 339 g/mol. The van der Waals surface area contributed by atoms with Gasteiger partial charge in [-0.3, -0.25) is 0 Å². The van der Waals surface area contributed by atoms with Crippen molar-refractivity contribution >= 4 is 21.6 Å². The van der Waals surface area contributed by atoms with E-state index in [0.717, 1.165) is 5.56 Å². The molecule has 0 heterocycles. The fourth-order valence-electron chi connectivity index (χ4n) is 2.16. The number of aliphatic hydroxyl groups excluding tert-OH is 1. The van der Waals surface area contributed by atoms with Gasteiger partial charge in [-0.1, -0.05) is 60.1 Å². The van der Waals surface area contributed by atoms with Crippen molar-refractivity contribution in [1.29, 1.82) is 0 Å². The maximum absolute atomic E-state index is 12.2. The summed E-state index contributed by atoms with van der Waals surface area (Å²) in [4.78, 5) is 0. The van der Waals surface area contributed by atoms with E-state index in [0.29, 0.717) is 17.0 Å². The van der Waals surface area contributed by atoms with Crippen molar-refractivity contribution in [3.8, 4) is 0 Å². The Morgan fingerprint density at radius 1 is 1.05 bits per heavy atom. The first-order valence-electron chi connectivity index (χ1n) is 6.88. The molecule has 4 nitrogen and oxygen atoms in total. The molecule has 0 saturated carbocycles. The highest BCUT2D eigenvalue weighted by Gasteiger charge is 2.19. The number of aliphatic hydroxyl groups is 1. The largest absolute Gasteiger partial charge is 0.395 e. The van der Waals surface area contributed by atoms with Crippen LogP contribution in [-0.4, -0.2) is 26.2 Å². The van der Waals surface area contributed by atoms with Crippen molar-refractivity contribution in [1.82, 2.24) is 4.72 Å². The summed E-state index contributed by atoms with van der Waals surface area (Å²) in [7, 11) is -3.58.